The van der Waals surface area contributed by atoms with Gasteiger partial charge in [-0.1, -0.05) is 170 Å². The highest BCUT2D eigenvalue weighted by Gasteiger charge is 2.45. The first kappa shape index (κ1) is 30.6. The number of rotatable bonds is 4. The lowest BCUT2D eigenvalue weighted by Gasteiger charge is -2.36. The lowest BCUT2D eigenvalue weighted by molar-refractivity contribution is 0.546. The highest BCUT2D eigenvalue weighted by atomic mass is 32.1. The Kier molecular flexibility index (Phi) is 6.95. The summed E-state index contributed by atoms with van der Waals surface area (Å²) >= 11 is 1.90. The Morgan fingerprint density at radius 2 is 1.15 bits per heavy atom. The summed E-state index contributed by atoms with van der Waals surface area (Å²) in [6.45, 7) is 0. The molecule has 3 heteroatoms. The van der Waals surface area contributed by atoms with Gasteiger partial charge in [0.25, 0.3) is 0 Å². The smallest absolute Gasteiger partial charge is 0.180 e. The molecule has 0 fully saturated rings. The summed E-state index contributed by atoms with van der Waals surface area (Å²) in [5, 5.41) is 9.46. The van der Waals surface area contributed by atoms with Crippen molar-refractivity contribution in [2.75, 3.05) is 0 Å². The number of furan rings is 1. The summed E-state index contributed by atoms with van der Waals surface area (Å²) in [5.41, 5.74) is 9.77. The number of fused-ring (bicyclic) bond motifs is 8. The zero-order valence-corrected chi connectivity index (χ0v) is 30.9. The predicted octanol–water partition coefficient (Wildman–Crippen LogP) is 11.0. The van der Waals surface area contributed by atoms with E-state index in [0.29, 0.717) is 0 Å². The van der Waals surface area contributed by atoms with Crippen LogP contribution in [-0.4, -0.2) is 8.07 Å². The molecule has 250 valence electrons. The maximum absolute atomic E-state index is 6.46. The number of thiophene rings is 1. The molecule has 0 N–H and O–H groups in total. The zero-order valence-electron chi connectivity index (χ0n) is 29.1. The maximum Gasteiger partial charge on any atom is 0.180 e. The predicted molar refractivity (Wildman–Crippen MR) is 230 cm³/mol. The molecule has 0 atom stereocenters. The van der Waals surface area contributed by atoms with E-state index < -0.39 is 8.07 Å². The number of hydrogen-bond donors (Lipinski definition) is 0. The monoisotopic (exact) mass is 710 g/mol. The van der Waals surface area contributed by atoms with E-state index in [0.717, 1.165) is 24.2 Å². The van der Waals surface area contributed by atoms with Gasteiger partial charge >= 0.3 is 0 Å². The molecule has 3 heterocycles. The van der Waals surface area contributed by atoms with Crippen LogP contribution in [0.5, 0.6) is 0 Å². The van der Waals surface area contributed by atoms with Crippen LogP contribution in [0.25, 0.3) is 71.6 Å². The lowest BCUT2D eigenvalue weighted by atomic mass is 9.95. The van der Waals surface area contributed by atoms with Crippen LogP contribution in [0, 0.1) is 0 Å². The molecule has 0 amide bonds. The second-order valence-electron chi connectivity index (χ2n) is 14.3. The number of aryl methyl sites for hydroxylation is 1. The summed E-state index contributed by atoms with van der Waals surface area (Å²) in [5.74, 6) is 1.10. The fraction of sp³-hybridized carbons (Fsp3) is 0.0400. The van der Waals surface area contributed by atoms with Crippen molar-refractivity contribution in [2.24, 2.45) is 0 Å². The topological polar surface area (TPSA) is 13.1 Å². The zero-order chi connectivity index (χ0) is 34.9. The Bertz CT molecular complexity index is 2910. The Morgan fingerprint density at radius 3 is 1.89 bits per heavy atom. The van der Waals surface area contributed by atoms with Gasteiger partial charge in [-0.05, 0) is 72.7 Å². The maximum atomic E-state index is 6.46. The van der Waals surface area contributed by atoms with Crippen molar-refractivity contribution in [2.45, 2.75) is 12.8 Å². The average molecular weight is 711 g/mol. The lowest BCUT2D eigenvalue weighted by Crippen LogP contribution is -2.75. The molecule has 0 bridgehead atoms. The highest BCUT2D eigenvalue weighted by Crippen LogP contribution is 2.41. The first-order valence-electron chi connectivity index (χ1n) is 18.5. The molecule has 1 aliphatic carbocycles. The highest BCUT2D eigenvalue weighted by molar-refractivity contribution is 7.26. The second-order valence-corrected chi connectivity index (χ2v) is 19.0. The summed E-state index contributed by atoms with van der Waals surface area (Å²) < 4.78 is 9.14. The molecule has 9 aromatic rings. The number of hydrogen-bond acceptors (Lipinski definition) is 2. The second kappa shape index (κ2) is 12.0. The molecular formula is C50H34OSSi. The van der Waals surface area contributed by atoms with E-state index in [-0.39, 0.29) is 0 Å². The largest absolute Gasteiger partial charge is 0.460 e. The molecule has 1 nitrogen and oxygen atoms in total. The third-order valence-corrected chi connectivity index (χ3v) is 17.5. The fourth-order valence-electron chi connectivity index (χ4n) is 9.09. The van der Waals surface area contributed by atoms with E-state index in [4.69, 9.17) is 4.42 Å². The van der Waals surface area contributed by atoms with Gasteiger partial charge in [-0.2, -0.15) is 0 Å². The Labute approximate surface area is 313 Å². The van der Waals surface area contributed by atoms with Crippen LogP contribution in [0.3, 0.4) is 0 Å². The van der Waals surface area contributed by atoms with Gasteiger partial charge in [0.1, 0.15) is 11.3 Å². The van der Waals surface area contributed by atoms with Crippen molar-refractivity contribution in [3.63, 3.8) is 0 Å². The van der Waals surface area contributed by atoms with E-state index >= 15 is 0 Å². The van der Waals surface area contributed by atoms with Crippen LogP contribution >= 0.6 is 11.3 Å². The third kappa shape index (κ3) is 4.61. The van der Waals surface area contributed by atoms with Crippen LogP contribution < -0.4 is 20.7 Å². The number of benzene rings is 7. The Balaban J connectivity index is 1.22. The van der Waals surface area contributed by atoms with Gasteiger partial charge in [-0.15, -0.1) is 11.3 Å². The van der Waals surface area contributed by atoms with Crippen LogP contribution in [0.1, 0.15) is 28.9 Å². The standard InChI is InChI=1S/C50H34OSSi/c1-3-13-37(14-4-1)53(38-15-5-2-6-16-38)47-31-35(39-19-12-23-45-49(39)43-18-7-9-22-44(43)51-45)29-27-33(47)25-26-34-28-30-36(32-48(34)53)40-20-11-21-42-41-17-8-10-24-46(41)52-50(40)42/h1-8,10-21,23-32H,9,22H2. The minimum absolute atomic E-state index is 0.946. The molecule has 53 heavy (non-hydrogen) atoms. The molecule has 7 aromatic carbocycles. The average Bonchev–Trinajstić information content (AvgIpc) is 3.76. The van der Waals surface area contributed by atoms with Crippen molar-refractivity contribution in [1.29, 1.82) is 0 Å². The Morgan fingerprint density at radius 1 is 0.528 bits per heavy atom. The normalized spacial score (nSPS) is 14.3. The van der Waals surface area contributed by atoms with Gasteiger partial charge < -0.3 is 4.42 Å². The van der Waals surface area contributed by atoms with Crippen LogP contribution in [0.4, 0.5) is 0 Å². The molecule has 1 aliphatic heterocycles. The first-order chi connectivity index (χ1) is 26.3. The molecule has 0 radical (unpaired) electrons. The van der Waals surface area contributed by atoms with E-state index in [1.165, 1.54) is 85.2 Å². The van der Waals surface area contributed by atoms with E-state index in [1.54, 1.807) is 0 Å². The van der Waals surface area contributed by atoms with Crippen molar-refractivity contribution >= 4 is 89.5 Å². The third-order valence-electron chi connectivity index (χ3n) is 11.4. The van der Waals surface area contributed by atoms with Gasteiger partial charge in [0, 0.05) is 37.5 Å². The van der Waals surface area contributed by atoms with Gasteiger partial charge in [0.15, 0.2) is 8.07 Å². The SMILES string of the molecule is C1=Cc2c(oc3cccc(-c4ccc5c(c4)[Si](c4ccccc4)(c4ccccc4)c4cc(-c6cccc7c6sc6ccccc67)ccc4C=C5)c23)CC1. The molecule has 0 unspecified atom stereocenters. The molecule has 0 spiro atoms. The van der Waals surface area contributed by atoms with E-state index in [9.17, 15) is 0 Å². The molecule has 0 saturated carbocycles. The van der Waals surface area contributed by atoms with Crippen LogP contribution in [0.2, 0.25) is 0 Å². The summed E-state index contributed by atoms with van der Waals surface area (Å²) in [4.78, 5) is 0. The van der Waals surface area contributed by atoms with Gasteiger partial charge in [-0.3, -0.25) is 0 Å². The fourth-order valence-corrected chi connectivity index (χ4v) is 15.5. The van der Waals surface area contributed by atoms with Crippen molar-refractivity contribution in [1.82, 2.24) is 0 Å². The van der Waals surface area contributed by atoms with Crippen molar-refractivity contribution in [3.8, 4) is 22.3 Å². The Hall–Kier alpha value is -6.00. The summed E-state index contributed by atoms with van der Waals surface area (Å²) in [6, 6.07) is 59.4. The summed E-state index contributed by atoms with van der Waals surface area (Å²) in [7, 11) is -2.93. The van der Waals surface area contributed by atoms with E-state index in [2.05, 4.69) is 182 Å². The molecule has 2 aliphatic rings. The van der Waals surface area contributed by atoms with Crippen molar-refractivity contribution < 1.29 is 4.42 Å². The molecule has 2 aromatic heterocycles. The van der Waals surface area contributed by atoms with Crippen molar-refractivity contribution in [3.05, 3.63) is 186 Å². The van der Waals surface area contributed by atoms with E-state index in [1.807, 2.05) is 11.3 Å². The van der Waals surface area contributed by atoms with Gasteiger partial charge in [0.05, 0.1) is 0 Å². The molecule has 0 saturated heterocycles. The summed E-state index contributed by atoms with van der Waals surface area (Å²) in [6.07, 6.45) is 11.2. The molecular weight excluding hydrogens is 677 g/mol. The minimum Gasteiger partial charge on any atom is -0.460 e. The van der Waals surface area contributed by atoms with Gasteiger partial charge in [-0.25, -0.2) is 0 Å². The molecule has 11 rings (SSSR count). The van der Waals surface area contributed by atoms with Gasteiger partial charge in [0.2, 0.25) is 0 Å². The minimum atomic E-state index is -2.93. The van der Waals surface area contributed by atoms with Crippen LogP contribution in [-0.2, 0) is 6.42 Å². The number of allylic oxidation sites excluding steroid dienone is 1. The quantitative estimate of drug-likeness (QED) is 0.166. The first-order valence-corrected chi connectivity index (χ1v) is 21.3. The van der Waals surface area contributed by atoms with Crippen LogP contribution in [0.15, 0.2) is 168 Å².